The Morgan fingerprint density at radius 2 is 1.81 bits per heavy atom. The van der Waals surface area contributed by atoms with Gasteiger partial charge >= 0.3 is 5.97 Å². The molecule has 0 aliphatic rings. The number of carboxylic acid groups (broad SMARTS) is 1. The molecule has 7 heteroatoms. The second kappa shape index (κ2) is 7.90. The van der Waals surface area contributed by atoms with Crippen LogP contribution in [0.5, 0.6) is 0 Å². The standard InChI is InChI=1S/C20H17F2N3O2/c1-12(13-2-5-15(21)6-3-13)11-23-19-9-8-18(24-25-19)14-4-7-16(20(26)27)17(22)10-14/h2-10,12H,11H2,1H3,(H,23,25)(H,26,27). The van der Waals surface area contributed by atoms with Gasteiger partial charge in [0, 0.05) is 12.1 Å². The molecule has 2 N–H and O–H groups in total. The van der Waals surface area contributed by atoms with Crippen molar-refractivity contribution in [3.05, 3.63) is 77.4 Å². The van der Waals surface area contributed by atoms with E-state index in [-0.39, 0.29) is 17.3 Å². The van der Waals surface area contributed by atoms with Crippen molar-refractivity contribution in [3.63, 3.8) is 0 Å². The fourth-order valence-corrected chi connectivity index (χ4v) is 2.60. The Morgan fingerprint density at radius 1 is 1.07 bits per heavy atom. The van der Waals surface area contributed by atoms with Crippen LogP contribution in [0.1, 0.15) is 28.8 Å². The van der Waals surface area contributed by atoms with Gasteiger partial charge in [-0.2, -0.15) is 0 Å². The van der Waals surface area contributed by atoms with Crippen molar-refractivity contribution < 1.29 is 18.7 Å². The number of aromatic nitrogens is 2. The number of nitrogens with zero attached hydrogens (tertiary/aromatic N) is 2. The number of nitrogens with one attached hydrogen (secondary N) is 1. The van der Waals surface area contributed by atoms with Crippen LogP contribution in [0.15, 0.2) is 54.6 Å². The molecule has 138 valence electrons. The number of halogens is 2. The van der Waals surface area contributed by atoms with Crippen LogP contribution in [0, 0.1) is 11.6 Å². The van der Waals surface area contributed by atoms with Crippen molar-refractivity contribution in [2.24, 2.45) is 0 Å². The summed E-state index contributed by atoms with van der Waals surface area (Å²) in [4.78, 5) is 10.9. The van der Waals surface area contributed by atoms with Gasteiger partial charge in [-0.05, 0) is 47.9 Å². The highest BCUT2D eigenvalue weighted by molar-refractivity contribution is 5.88. The van der Waals surface area contributed by atoms with E-state index in [0.29, 0.717) is 23.6 Å². The maximum absolute atomic E-state index is 13.8. The number of benzene rings is 2. The third-order valence-corrected chi connectivity index (χ3v) is 4.19. The van der Waals surface area contributed by atoms with Gasteiger partial charge < -0.3 is 10.4 Å². The number of rotatable bonds is 6. The average molecular weight is 369 g/mol. The van der Waals surface area contributed by atoms with E-state index in [1.165, 1.54) is 24.3 Å². The summed E-state index contributed by atoms with van der Waals surface area (Å²) < 4.78 is 26.8. The molecule has 0 bridgehead atoms. The van der Waals surface area contributed by atoms with Crippen LogP contribution in [0.25, 0.3) is 11.3 Å². The summed E-state index contributed by atoms with van der Waals surface area (Å²) in [6, 6.07) is 13.5. The average Bonchev–Trinajstić information content (AvgIpc) is 2.66. The van der Waals surface area contributed by atoms with Gasteiger partial charge in [-0.3, -0.25) is 0 Å². The van der Waals surface area contributed by atoms with Crippen LogP contribution in [0.4, 0.5) is 14.6 Å². The zero-order valence-corrected chi connectivity index (χ0v) is 14.5. The number of anilines is 1. The van der Waals surface area contributed by atoms with Crippen molar-refractivity contribution in [2.45, 2.75) is 12.8 Å². The molecule has 0 spiro atoms. The van der Waals surface area contributed by atoms with E-state index in [1.54, 1.807) is 24.3 Å². The second-order valence-corrected chi connectivity index (χ2v) is 6.14. The van der Waals surface area contributed by atoms with E-state index in [1.807, 2.05) is 6.92 Å². The van der Waals surface area contributed by atoms with Crippen LogP contribution in [0.2, 0.25) is 0 Å². The van der Waals surface area contributed by atoms with Crippen LogP contribution in [-0.2, 0) is 0 Å². The van der Waals surface area contributed by atoms with E-state index in [0.717, 1.165) is 11.6 Å². The van der Waals surface area contributed by atoms with Gasteiger partial charge in [0.15, 0.2) is 0 Å². The van der Waals surface area contributed by atoms with Crippen molar-refractivity contribution in [1.29, 1.82) is 0 Å². The number of carboxylic acids is 1. The van der Waals surface area contributed by atoms with E-state index in [4.69, 9.17) is 5.11 Å². The maximum atomic E-state index is 13.8. The Balaban J connectivity index is 1.66. The summed E-state index contributed by atoms with van der Waals surface area (Å²) in [5.74, 6) is -1.72. The van der Waals surface area contributed by atoms with Gasteiger partial charge in [0.25, 0.3) is 0 Å². The molecule has 2 aromatic carbocycles. The minimum atomic E-state index is -1.32. The van der Waals surface area contributed by atoms with Crippen molar-refractivity contribution >= 4 is 11.8 Å². The molecule has 0 amide bonds. The number of hydrogen-bond acceptors (Lipinski definition) is 4. The molecule has 5 nitrogen and oxygen atoms in total. The molecule has 0 radical (unpaired) electrons. The van der Waals surface area contributed by atoms with Gasteiger partial charge in [0.1, 0.15) is 17.5 Å². The highest BCUT2D eigenvalue weighted by atomic mass is 19.1. The van der Waals surface area contributed by atoms with E-state index < -0.39 is 11.8 Å². The lowest BCUT2D eigenvalue weighted by Crippen LogP contribution is -2.11. The summed E-state index contributed by atoms with van der Waals surface area (Å²) in [5.41, 5.74) is 1.49. The Labute approximate surface area is 154 Å². The van der Waals surface area contributed by atoms with Gasteiger partial charge in [0.05, 0.1) is 11.3 Å². The van der Waals surface area contributed by atoms with Crippen molar-refractivity contribution in [1.82, 2.24) is 10.2 Å². The monoisotopic (exact) mass is 369 g/mol. The molecule has 1 aromatic heterocycles. The largest absolute Gasteiger partial charge is 0.478 e. The number of hydrogen-bond donors (Lipinski definition) is 2. The first-order valence-corrected chi connectivity index (χ1v) is 8.30. The van der Waals surface area contributed by atoms with Crippen LogP contribution in [-0.4, -0.2) is 27.8 Å². The molecule has 1 unspecified atom stereocenters. The Morgan fingerprint density at radius 3 is 2.41 bits per heavy atom. The Bertz CT molecular complexity index is 944. The molecular formula is C20H17F2N3O2. The van der Waals surface area contributed by atoms with E-state index >= 15 is 0 Å². The first kappa shape index (κ1) is 18.4. The molecule has 0 saturated carbocycles. The summed E-state index contributed by atoms with van der Waals surface area (Å²) >= 11 is 0. The highest BCUT2D eigenvalue weighted by Gasteiger charge is 2.12. The zero-order valence-electron chi connectivity index (χ0n) is 14.5. The van der Waals surface area contributed by atoms with E-state index in [9.17, 15) is 13.6 Å². The molecule has 27 heavy (non-hydrogen) atoms. The normalized spacial score (nSPS) is 11.8. The minimum absolute atomic E-state index is 0.143. The van der Waals surface area contributed by atoms with Gasteiger partial charge in [-0.15, -0.1) is 10.2 Å². The third-order valence-electron chi connectivity index (χ3n) is 4.19. The predicted molar refractivity (Wildman–Crippen MR) is 97.7 cm³/mol. The Hall–Kier alpha value is -3.35. The van der Waals surface area contributed by atoms with Gasteiger partial charge in [0.2, 0.25) is 0 Å². The summed E-state index contributed by atoms with van der Waals surface area (Å²) in [5, 5.41) is 20.1. The molecular weight excluding hydrogens is 352 g/mol. The molecule has 0 fully saturated rings. The van der Waals surface area contributed by atoms with E-state index in [2.05, 4.69) is 15.5 Å². The topological polar surface area (TPSA) is 75.1 Å². The fraction of sp³-hybridized carbons (Fsp3) is 0.150. The quantitative estimate of drug-likeness (QED) is 0.676. The molecule has 3 rings (SSSR count). The second-order valence-electron chi connectivity index (χ2n) is 6.14. The molecule has 3 aromatic rings. The number of aromatic carboxylic acids is 1. The Kier molecular flexibility index (Phi) is 5.40. The van der Waals surface area contributed by atoms with Crippen LogP contribution < -0.4 is 5.32 Å². The zero-order chi connectivity index (χ0) is 19.4. The molecule has 0 saturated heterocycles. The SMILES string of the molecule is CC(CNc1ccc(-c2ccc(C(=O)O)c(F)c2)nn1)c1ccc(F)cc1. The van der Waals surface area contributed by atoms with Crippen LogP contribution >= 0.6 is 0 Å². The fourth-order valence-electron chi connectivity index (χ4n) is 2.60. The molecule has 0 aliphatic heterocycles. The lowest BCUT2D eigenvalue weighted by molar-refractivity contribution is 0.0692. The minimum Gasteiger partial charge on any atom is -0.478 e. The maximum Gasteiger partial charge on any atom is 0.338 e. The lowest BCUT2D eigenvalue weighted by Gasteiger charge is -2.13. The molecule has 0 aliphatic carbocycles. The first-order chi connectivity index (χ1) is 12.9. The summed E-state index contributed by atoms with van der Waals surface area (Å²) in [6.45, 7) is 2.59. The predicted octanol–water partition coefficient (Wildman–Crippen LogP) is 4.34. The molecule has 1 atom stereocenters. The molecule has 1 heterocycles. The number of carbonyl (C=O) groups is 1. The third kappa shape index (κ3) is 4.44. The lowest BCUT2D eigenvalue weighted by atomic mass is 10.0. The van der Waals surface area contributed by atoms with Crippen molar-refractivity contribution in [2.75, 3.05) is 11.9 Å². The van der Waals surface area contributed by atoms with Gasteiger partial charge in [-0.25, -0.2) is 13.6 Å². The van der Waals surface area contributed by atoms with Crippen LogP contribution in [0.3, 0.4) is 0 Å². The smallest absolute Gasteiger partial charge is 0.338 e. The van der Waals surface area contributed by atoms with Gasteiger partial charge in [-0.1, -0.05) is 25.1 Å². The highest BCUT2D eigenvalue weighted by Crippen LogP contribution is 2.21. The van der Waals surface area contributed by atoms with Crippen molar-refractivity contribution in [3.8, 4) is 11.3 Å². The summed E-state index contributed by atoms with van der Waals surface area (Å²) in [7, 11) is 0. The summed E-state index contributed by atoms with van der Waals surface area (Å²) in [6.07, 6.45) is 0. The first-order valence-electron chi connectivity index (χ1n) is 8.30.